The van der Waals surface area contributed by atoms with Gasteiger partial charge in [0, 0.05) is 35.5 Å². The van der Waals surface area contributed by atoms with Crippen LogP contribution in [0, 0.1) is 11.8 Å². The molecule has 3 saturated heterocycles. The number of thiazole rings is 1. The van der Waals surface area contributed by atoms with Crippen molar-refractivity contribution in [2.75, 3.05) is 19.6 Å². The van der Waals surface area contributed by atoms with Gasteiger partial charge in [-0.3, -0.25) is 9.59 Å². The lowest BCUT2D eigenvalue weighted by atomic mass is 9.76. The molecule has 0 amide bonds. The van der Waals surface area contributed by atoms with E-state index >= 15 is 0 Å². The van der Waals surface area contributed by atoms with Crippen LogP contribution >= 0.6 is 22.9 Å². The number of carbonyl (C=O) groups is 2. The van der Waals surface area contributed by atoms with Gasteiger partial charge in [-0.1, -0.05) is 12.1 Å². The molecule has 5 heterocycles. The molecule has 0 radical (unpaired) electrons. The van der Waals surface area contributed by atoms with Gasteiger partial charge in [-0.25, -0.2) is 4.98 Å². The molecule has 2 bridgehead atoms. The Morgan fingerprint density at radius 2 is 2.11 bits per heavy atom. The van der Waals surface area contributed by atoms with Gasteiger partial charge in [0.2, 0.25) is 0 Å². The Bertz CT molecular complexity index is 962. The highest BCUT2D eigenvalue weighted by Gasteiger charge is 2.35. The van der Waals surface area contributed by atoms with Gasteiger partial charge in [0.15, 0.2) is 5.78 Å². The molecule has 8 heteroatoms. The zero-order valence-electron chi connectivity index (χ0n) is 15.3. The SMILES string of the molecule is O=C(C[C@@H]1CN2CCC1CC2)c1nsc2cc(-c3nccs3)ccc12.O=CO. The lowest BCUT2D eigenvalue weighted by molar-refractivity contribution is -0.122. The Hall–Kier alpha value is -2.16. The van der Waals surface area contributed by atoms with E-state index in [1.165, 1.54) is 37.5 Å². The van der Waals surface area contributed by atoms with E-state index in [0.29, 0.717) is 18.0 Å². The van der Waals surface area contributed by atoms with Gasteiger partial charge in [-0.05, 0) is 55.4 Å². The maximum absolute atomic E-state index is 12.9. The highest BCUT2D eigenvalue weighted by atomic mass is 32.1. The van der Waals surface area contributed by atoms with Crippen LogP contribution in [0.2, 0.25) is 0 Å². The predicted molar refractivity (Wildman–Crippen MR) is 111 cm³/mol. The third-order valence-electron chi connectivity index (χ3n) is 5.65. The molecule has 28 heavy (non-hydrogen) atoms. The van der Waals surface area contributed by atoms with Gasteiger partial charge in [0.1, 0.15) is 10.7 Å². The van der Waals surface area contributed by atoms with Gasteiger partial charge < -0.3 is 10.0 Å². The summed E-state index contributed by atoms with van der Waals surface area (Å²) in [6.45, 7) is 3.27. The number of Topliss-reactive ketones (excluding diaryl/α,β-unsaturated/α-hetero) is 1. The number of fused-ring (bicyclic) bond motifs is 4. The van der Waals surface area contributed by atoms with Crippen LogP contribution in [0.15, 0.2) is 29.8 Å². The zero-order chi connectivity index (χ0) is 19.5. The first-order valence-corrected chi connectivity index (χ1v) is 11.0. The normalized spacial score (nSPS) is 23.2. The van der Waals surface area contributed by atoms with Crippen LogP contribution in [-0.2, 0) is 4.79 Å². The number of carboxylic acid groups (broad SMARTS) is 1. The molecule has 2 aromatic heterocycles. The van der Waals surface area contributed by atoms with E-state index in [1.54, 1.807) is 11.3 Å². The van der Waals surface area contributed by atoms with Crippen LogP contribution in [0.4, 0.5) is 0 Å². The average molecular weight is 416 g/mol. The fourth-order valence-corrected chi connectivity index (χ4v) is 5.76. The highest BCUT2D eigenvalue weighted by Crippen LogP contribution is 2.36. The maximum Gasteiger partial charge on any atom is 0.290 e. The summed E-state index contributed by atoms with van der Waals surface area (Å²) in [7, 11) is 0. The molecule has 146 valence electrons. The number of hydrogen-bond donors (Lipinski definition) is 1. The first kappa shape index (κ1) is 19.2. The molecule has 0 spiro atoms. The average Bonchev–Trinajstić information content (AvgIpc) is 3.39. The van der Waals surface area contributed by atoms with E-state index in [9.17, 15) is 4.79 Å². The minimum absolute atomic E-state index is 0.215. The van der Waals surface area contributed by atoms with Crippen molar-refractivity contribution in [3.63, 3.8) is 0 Å². The molecule has 6 nitrogen and oxygen atoms in total. The molecule has 0 unspecified atom stereocenters. The minimum atomic E-state index is -0.250. The van der Waals surface area contributed by atoms with Crippen LogP contribution in [0.5, 0.6) is 0 Å². The standard InChI is InChI=1S/C19H19N3OS2.CH2O2/c23-16(9-14-11-22-6-3-12(14)4-7-22)18-15-2-1-13(10-17(15)25-21-18)19-20-5-8-24-19;2-1-3/h1-2,5,8,10,12,14H,3-4,6-7,9,11H2;1H,(H,2,3)/t14-;/m1./s1. The molecule has 6 rings (SSSR count). The molecular weight excluding hydrogens is 394 g/mol. The molecule has 3 aromatic rings. The van der Waals surface area contributed by atoms with E-state index in [-0.39, 0.29) is 12.3 Å². The third-order valence-corrected chi connectivity index (χ3v) is 7.29. The lowest BCUT2D eigenvalue weighted by Crippen LogP contribution is -2.47. The van der Waals surface area contributed by atoms with E-state index in [0.717, 1.165) is 33.1 Å². The summed E-state index contributed by atoms with van der Waals surface area (Å²) in [6, 6.07) is 6.21. The number of carbonyl (C=O) groups excluding carboxylic acids is 1. The van der Waals surface area contributed by atoms with Crippen LogP contribution < -0.4 is 0 Å². The Morgan fingerprint density at radius 1 is 1.32 bits per heavy atom. The second kappa shape index (κ2) is 8.46. The van der Waals surface area contributed by atoms with E-state index in [2.05, 4.69) is 26.4 Å². The first-order valence-electron chi connectivity index (χ1n) is 9.32. The van der Waals surface area contributed by atoms with Crippen molar-refractivity contribution in [1.82, 2.24) is 14.3 Å². The van der Waals surface area contributed by atoms with E-state index < -0.39 is 0 Å². The topological polar surface area (TPSA) is 83.4 Å². The second-order valence-corrected chi connectivity index (χ2v) is 8.91. The summed E-state index contributed by atoms with van der Waals surface area (Å²) >= 11 is 3.06. The van der Waals surface area contributed by atoms with Crippen molar-refractivity contribution >= 4 is 45.2 Å². The summed E-state index contributed by atoms with van der Waals surface area (Å²) in [5.74, 6) is 1.46. The molecule has 0 saturated carbocycles. The number of nitrogens with zero attached hydrogens (tertiary/aromatic N) is 3. The van der Waals surface area contributed by atoms with Gasteiger partial charge in [0.05, 0.1) is 4.70 Å². The number of piperidine rings is 3. The fraction of sp³-hybridized carbons (Fsp3) is 0.400. The Morgan fingerprint density at radius 3 is 2.75 bits per heavy atom. The molecule has 1 N–H and O–H groups in total. The molecule has 1 atom stereocenters. The largest absolute Gasteiger partial charge is 0.483 e. The monoisotopic (exact) mass is 415 g/mol. The quantitative estimate of drug-likeness (QED) is 0.512. The Kier molecular flexibility index (Phi) is 5.79. The van der Waals surface area contributed by atoms with Crippen LogP contribution in [-0.4, -0.2) is 51.3 Å². The smallest absolute Gasteiger partial charge is 0.290 e. The Balaban J connectivity index is 0.000000604. The molecule has 0 aliphatic carbocycles. The summed E-state index contributed by atoms with van der Waals surface area (Å²) < 4.78 is 5.58. The highest BCUT2D eigenvalue weighted by molar-refractivity contribution is 7.14. The molecule has 3 aliphatic rings. The molecule has 3 aliphatic heterocycles. The van der Waals surface area contributed by atoms with Gasteiger partial charge >= 0.3 is 0 Å². The molecular formula is C20H21N3O3S2. The first-order chi connectivity index (χ1) is 13.7. The van der Waals surface area contributed by atoms with Crippen LogP contribution in [0.25, 0.3) is 20.7 Å². The van der Waals surface area contributed by atoms with Crippen molar-refractivity contribution in [2.45, 2.75) is 19.3 Å². The van der Waals surface area contributed by atoms with Crippen molar-refractivity contribution < 1.29 is 14.7 Å². The summed E-state index contributed by atoms with van der Waals surface area (Å²) in [5, 5.41) is 10.9. The van der Waals surface area contributed by atoms with Gasteiger partial charge in [-0.15, -0.1) is 11.3 Å². The van der Waals surface area contributed by atoms with Crippen molar-refractivity contribution in [1.29, 1.82) is 0 Å². The third kappa shape index (κ3) is 3.85. The lowest BCUT2D eigenvalue weighted by Gasteiger charge is -2.44. The predicted octanol–water partition coefficient (Wildman–Crippen LogP) is 4.04. The number of rotatable bonds is 4. The van der Waals surface area contributed by atoms with Crippen LogP contribution in [0.3, 0.4) is 0 Å². The Labute approximate surface area is 171 Å². The molecule has 1 aromatic carbocycles. The summed E-state index contributed by atoms with van der Waals surface area (Å²) in [6.07, 6.45) is 4.98. The van der Waals surface area contributed by atoms with Crippen LogP contribution in [0.1, 0.15) is 29.8 Å². The number of hydrogen-bond acceptors (Lipinski definition) is 7. The fourth-order valence-electron chi connectivity index (χ4n) is 4.29. The zero-order valence-corrected chi connectivity index (χ0v) is 16.9. The summed E-state index contributed by atoms with van der Waals surface area (Å²) in [5.41, 5.74) is 1.77. The maximum atomic E-state index is 12.9. The van der Waals surface area contributed by atoms with Crippen molar-refractivity contribution in [3.8, 4) is 10.6 Å². The van der Waals surface area contributed by atoms with Crippen molar-refractivity contribution in [2.24, 2.45) is 11.8 Å². The summed E-state index contributed by atoms with van der Waals surface area (Å²) in [4.78, 5) is 28.1. The number of aromatic nitrogens is 2. The van der Waals surface area contributed by atoms with Crippen molar-refractivity contribution in [3.05, 3.63) is 35.5 Å². The van der Waals surface area contributed by atoms with Gasteiger partial charge in [-0.2, -0.15) is 4.37 Å². The van der Waals surface area contributed by atoms with E-state index in [1.807, 2.05) is 17.6 Å². The number of benzene rings is 1. The van der Waals surface area contributed by atoms with E-state index in [4.69, 9.17) is 9.90 Å². The van der Waals surface area contributed by atoms with Gasteiger partial charge in [0.25, 0.3) is 6.47 Å². The second-order valence-electron chi connectivity index (χ2n) is 7.21. The minimum Gasteiger partial charge on any atom is -0.483 e. The molecule has 3 fully saturated rings. The number of ketones is 1.